The third kappa shape index (κ3) is 5.60. The van der Waals surface area contributed by atoms with Crippen molar-refractivity contribution in [2.24, 2.45) is 5.92 Å². The molecule has 8 nitrogen and oxygen atoms in total. The number of amides is 1. The van der Waals surface area contributed by atoms with Crippen LogP contribution in [0.25, 0.3) is 5.95 Å². The SMILES string of the molecule is CC(c1ncnn1-c1ncccn1)N(CC1CC1)C(=O)c1cccc(Oc2cccc(C(F)(F)F)c2)c1. The van der Waals surface area contributed by atoms with Crippen molar-refractivity contribution in [3.05, 3.63) is 90.3 Å². The molecule has 2 heterocycles. The van der Waals surface area contributed by atoms with Gasteiger partial charge < -0.3 is 9.64 Å². The van der Waals surface area contributed by atoms with E-state index >= 15 is 0 Å². The van der Waals surface area contributed by atoms with E-state index in [2.05, 4.69) is 20.1 Å². The van der Waals surface area contributed by atoms with E-state index in [-0.39, 0.29) is 17.4 Å². The van der Waals surface area contributed by atoms with E-state index in [0.29, 0.717) is 29.8 Å². The molecule has 0 aliphatic heterocycles. The second kappa shape index (κ2) is 10.00. The summed E-state index contributed by atoms with van der Waals surface area (Å²) in [4.78, 5) is 28.3. The van der Waals surface area contributed by atoms with E-state index < -0.39 is 17.8 Å². The molecule has 5 rings (SSSR count). The van der Waals surface area contributed by atoms with Gasteiger partial charge >= 0.3 is 6.18 Å². The van der Waals surface area contributed by atoms with Crippen molar-refractivity contribution < 1.29 is 22.7 Å². The molecule has 1 amide bonds. The van der Waals surface area contributed by atoms with Crippen LogP contribution in [-0.2, 0) is 6.18 Å². The predicted octanol–water partition coefficient (Wildman–Crippen LogP) is 5.48. The maximum atomic E-state index is 13.7. The monoisotopic (exact) mass is 508 g/mol. The molecule has 2 aromatic carbocycles. The summed E-state index contributed by atoms with van der Waals surface area (Å²) in [6, 6.07) is 12.3. The molecule has 1 aliphatic rings. The van der Waals surface area contributed by atoms with Crippen molar-refractivity contribution in [1.82, 2.24) is 29.6 Å². The van der Waals surface area contributed by atoms with Crippen LogP contribution in [0.15, 0.2) is 73.3 Å². The average Bonchev–Trinajstić information content (AvgIpc) is 3.59. The number of hydrogen-bond acceptors (Lipinski definition) is 6. The lowest BCUT2D eigenvalue weighted by Crippen LogP contribution is -2.36. The Bertz CT molecular complexity index is 1390. The number of carbonyl (C=O) groups is 1. The highest BCUT2D eigenvalue weighted by atomic mass is 19.4. The molecule has 2 aromatic heterocycles. The van der Waals surface area contributed by atoms with Gasteiger partial charge in [0.15, 0.2) is 5.82 Å². The van der Waals surface area contributed by atoms with Crippen LogP contribution >= 0.6 is 0 Å². The molecule has 11 heteroatoms. The zero-order valence-electron chi connectivity index (χ0n) is 19.8. The molecule has 1 atom stereocenters. The van der Waals surface area contributed by atoms with E-state index in [4.69, 9.17) is 4.74 Å². The number of aromatic nitrogens is 5. The third-order valence-electron chi connectivity index (χ3n) is 6.05. The first-order valence-corrected chi connectivity index (χ1v) is 11.7. The van der Waals surface area contributed by atoms with Gasteiger partial charge in [-0.15, -0.1) is 0 Å². The predicted molar refractivity (Wildman–Crippen MR) is 127 cm³/mol. The molecule has 4 aromatic rings. The maximum Gasteiger partial charge on any atom is 0.416 e. The summed E-state index contributed by atoms with van der Waals surface area (Å²) in [7, 11) is 0. The summed E-state index contributed by atoms with van der Waals surface area (Å²) in [5, 5.41) is 4.24. The fourth-order valence-corrected chi connectivity index (χ4v) is 3.96. The van der Waals surface area contributed by atoms with Gasteiger partial charge in [-0.05, 0) is 68.1 Å². The van der Waals surface area contributed by atoms with Crippen molar-refractivity contribution in [3.63, 3.8) is 0 Å². The highest BCUT2D eigenvalue weighted by molar-refractivity contribution is 5.95. The highest BCUT2D eigenvalue weighted by Crippen LogP contribution is 2.35. The zero-order valence-corrected chi connectivity index (χ0v) is 19.8. The number of nitrogens with zero attached hydrogens (tertiary/aromatic N) is 6. The van der Waals surface area contributed by atoms with Crippen molar-refractivity contribution in [1.29, 1.82) is 0 Å². The van der Waals surface area contributed by atoms with E-state index in [9.17, 15) is 18.0 Å². The molecule has 1 aliphatic carbocycles. The van der Waals surface area contributed by atoms with Crippen LogP contribution in [0.1, 0.15) is 47.6 Å². The Kier molecular flexibility index (Phi) is 6.60. The minimum absolute atomic E-state index is 0.0265. The fourth-order valence-electron chi connectivity index (χ4n) is 3.96. The third-order valence-corrected chi connectivity index (χ3v) is 6.05. The summed E-state index contributed by atoms with van der Waals surface area (Å²) in [5.74, 6) is 1.27. The second-order valence-electron chi connectivity index (χ2n) is 8.81. The molecule has 0 saturated heterocycles. The number of halogens is 3. The Balaban J connectivity index is 1.41. The largest absolute Gasteiger partial charge is 0.457 e. The molecule has 1 fully saturated rings. The number of benzene rings is 2. The van der Waals surface area contributed by atoms with Crippen molar-refractivity contribution in [2.45, 2.75) is 32.0 Å². The lowest BCUT2D eigenvalue weighted by atomic mass is 10.1. The van der Waals surface area contributed by atoms with Crippen LogP contribution < -0.4 is 4.74 Å². The van der Waals surface area contributed by atoms with Crippen LogP contribution in [0.2, 0.25) is 0 Å². The summed E-state index contributed by atoms with van der Waals surface area (Å²) in [6.45, 7) is 2.40. The molecule has 190 valence electrons. The van der Waals surface area contributed by atoms with E-state index in [0.717, 1.165) is 25.0 Å². The fraction of sp³-hybridized carbons (Fsp3) is 0.269. The molecule has 1 saturated carbocycles. The smallest absolute Gasteiger partial charge is 0.416 e. The van der Waals surface area contributed by atoms with E-state index in [1.165, 1.54) is 29.2 Å². The van der Waals surface area contributed by atoms with Gasteiger partial charge in [0.25, 0.3) is 11.9 Å². The van der Waals surface area contributed by atoms with Gasteiger partial charge in [-0.2, -0.15) is 23.0 Å². The van der Waals surface area contributed by atoms with Gasteiger partial charge in [0, 0.05) is 24.5 Å². The Morgan fingerprint density at radius 2 is 1.76 bits per heavy atom. The zero-order chi connectivity index (χ0) is 26.0. The quantitative estimate of drug-likeness (QED) is 0.313. The normalized spacial score (nSPS) is 14.3. The van der Waals surface area contributed by atoms with Crippen molar-refractivity contribution in [3.8, 4) is 17.4 Å². The first kappa shape index (κ1) is 24.4. The van der Waals surface area contributed by atoms with Crippen LogP contribution in [-0.4, -0.2) is 42.1 Å². The first-order chi connectivity index (χ1) is 17.8. The van der Waals surface area contributed by atoms with Gasteiger partial charge in [-0.1, -0.05) is 12.1 Å². The number of hydrogen-bond donors (Lipinski definition) is 0. The number of alkyl halides is 3. The summed E-state index contributed by atoms with van der Waals surface area (Å²) < 4.78 is 46.4. The van der Waals surface area contributed by atoms with Crippen LogP contribution in [0.4, 0.5) is 13.2 Å². The second-order valence-corrected chi connectivity index (χ2v) is 8.81. The van der Waals surface area contributed by atoms with Gasteiger partial charge in [0.1, 0.15) is 17.8 Å². The van der Waals surface area contributed by atoms with Gasteiger partial charge in [0.05, 0.1) is 11.6 Å². The topological polar surface area (TPSA) is 86.0 Å². The van der Waals surface area contributed by atoms with Crippen LogP contribution in [0, 0.1) is 5.92 Å². The number of rotatable bonds is 8. The standard InChI is InChI=1S/C26H23F3N6O2/c1-17(23-32-16-33-35(23)25-30-11-4-12-31-25)34(15-18-9-10-18)24(36)19-5-2-7-21(13-19)37-22-8-3-6-20(14-22)26(27,28)29/h2-8,11-14,16-18H,9-10,15H2,1H3. The molecule has 37 heavy (non-hydrogen) atoms. The minimum atomic E-state index is -4.48. The average molecular weight is 509 g/mol. The number of carbonyl (C=O) groups excluding carboxylic acids is 1. The minimum Gasteiger partial charge on any atom is -0.457 e. The molecule has 0 N–H and O–H groups in total. The summed E-state index contributed by atoms with van der Waals surface area (Å²) in [5.41, 5.74) is -0.466. The maximum absolute atomic E-state index is 13.7. The van der Waals surface area contributed by atoms with Crippen molar-refractivity contribution in [2.75, 3.05) is 6.54 Å². The van der Waals surface area contributed by atoms with Crippen LogP contribution in [0.3, 0.4) is 0 Å². The van der Waals surface area contributed by atoms with E-state index in [1.54, 1.807) is 41.6 Å². The van der Waals surface area contributed by atoms with Crippen molar-refractivity contribution >= 4 is 5.91 Å². The highest BCUT2D eigenvalue weighted by Gasteiger charge is 2.33. The first-order valence-electron chi connectivity index (χ1n) is 11.7. The lowest BCUT2D eigenvalue weighted by Gasteiger charge is -2.29. The summed E-state index contributed by atoms with van der Waals surface area (Å²) in [6.07, 6.45) is 2.17. The molecule has 0 radical (unpaired) electrons. The Hall–Kier alpha value is -4.28. The van der Waals surface area contributed by atoms with Crippen LogP contribution in [0.5, 0.6) is 11.5 Å². The van der Waals surface area contributed by atoms with Gasteiger partial charge in [-0.25, -0.2) is 15.0 Å². The Labute approximate surface area is 210 Å². The molecular formula is C26H23F3N6O2. The Morgan fingerprint density at radius 1 is 1.05 bits per heavy atom. The van der Waals surface area contributed by atoms with Gasteiger partial charge in [0.2, 0.25) is 0 Å². The molecular weight excluding hydrogens is 485 g/mol. The van der Waals surface area contributed by atoms with E-state index in [1.807, 2.05) is 6.92 Å². The molecule has 0 bridgehead atoms. The lowest BCUT2D eigenvalue weighted by molar-refractivity contribution is -0.137. The van der Waals surface area contributed by atoms with Gasteiger partial charge in [-0.3, -0.25) is 4.79 Å². The molecule has 1 unspecified atom stereocenters. The Morgan fingerprint density at radius 3 is 2.46 bits per heavy atom. The number of ether oxygens (including phenoxy) is 1. The molecule has 0 spiro atoms. The summed E-state index contributed by atoms with van der Waals surface area (Å²) >= 11 is 0.